The summed E-state index contributed by atoms with van der Waals surface area (Å²) in [4.78, 5) is 0. The van der Waals surface area contributed by atoms with Crippen molar-refractivity contribution >= 4 is 0 Å². The molecule has 2 fully saturated rings. The monoisotopic (exact) mass is 225 g/mol. The first-order chi connectivity index (χ1) is 7.69. The van der Waals surface area contributed by atoms with Crippen molar-refractivity contribution in [1.82, 2.24) is 0 Å². The van der Waals surface area contributed by atoms with Gasteiger partial charge in [-0.05, 0) is 63.2 Å². The van der Waals surface area contributed by atoms with Crippen LogP contribution in [-0.2, 0) is 4.74 Å². The summed E-state index contributed by atoms with van der Waals surface area (Å²) in [5, 5.41) is 0. The van der Waals surface area contributed by atoms with Gasteiger partial charge in [0.05, 0.1) is 6.10 Å². The molecule has 16 heavy (non-hydrogen) atoms. The van der Waals surface area contributed by atoms with Crippen molar-refractivity contribution in [1.29, 1.82) is 0 Å². The normalized spacial score (nSPS) is 36.6. The van der Waals surface area contributed by atoms with E-state index in [0.717, 1.165) is 30.6 Å². The van der Waals surface area contributed by atoms with Crippen LogP contribution >= 0.6 is 0 Å². The van der Waals surface area contributed by atoms with Gasteiger partial charge in [0, 0.05) is 13.2 Å². The Morgan fingerprint density at radius 1 is 1.25 bits per heavy atom. The molecule has 0 aromatic heterocycles. The minimum Gasteiger partial charge on any atom is -0.382 e. The lowest BCUT2D eigenvalue weighted by atomic mass is 9.83. The highest BCUT2D eigenvalue weighted by Crippen LogP contribution is 2.49. The maximum Gasteiger partial charge on any atom is 0.0543 e. The largest absolute Gasteiger partial charge is 0.382 e. The van der Waals surface area contributed by atoms with Gasteiger partial charge in [0.15, 0.2) is 0 Å². The van der Waals surface area contributed by atoms with Crippen LogP contribution in [0.4, 0.5) is 0 Å². The van der Waals surface area contributed by atoms with E-state index in [-0.39, 0.29) is 0 Å². The zero-order valence-corrected chi connectivity index (χ0v) is 10.8. The van der Waals surface area contributed by atoms with Crippen molar-refractivity contribution in [2.24, 2.45) is 23.5 Å². The SMILES string of the molecule is COC(C)CCC(N)CC1CC2CCC1C2. The molecule has 5 unspecified atom stereocenters. The van der Waals surface area contributed by atoms with Crippen LogP contribution in [0.5, 0.6) is 0 Å². The molecule has 94 valence electrons. The summed E-state index contributed by atoms with van der Waals surface area (Å²) in [5.74, 6) is 3.03. The van der Waals surface area contributed by atoms with Crippen LogP contribution in [0.3, 0.4) is 0 Å². The van der Waals surface area contributed by atoms with Gasteiger partial charge in [0.1, 0.15) is 0 Å². The van der Waals surface area contributed by atoms with Gasteiger partial charge in [0.2, 0.25) is 0 Å². The molecule has 0 amide bonds. The topological polar surface area (TPSA) is 35.2 Å². The molecule has 2 bridgehead atoms. The van der Waals surface area contributed by atoms with Crippen LogP contribution in [0, 0.1) is 17.8 Å². The molecule has 0 radical (unpaired) electrons. The van der Waals surface area contributed by atoms with Gasteiger partial charge in [-0.3, -0.25) is 0 Å². The Kier molecular flexibility index (Phi) is 4.26. The lowest BCUT2D eigenvalue weighted by Crippen LogP contribution is -2.27. The standard InChI is InChI=1S/C14H27NO/c1-10(16-2)3-6-14(15)9-13-8-11-4-5-12(13)7-11/h10-14H,3-9,15H2,1-2H3. The number of fused-ring (bicyclic) bond motifs is 2. The van der Waals surface area contributed by atoms with Gasteiger partial charge in [-0.15, -0.1) is 0 Å². The van der Waals surface area contributed by atoms with E-state index < -0.39 is 0 Å². The zero-order valence-electron chi connectivity index (χ0n) is 10.8. The molecule has 2 N–H and O–H groups in total. The van der Waals surface area contributed by atoms with Crippen LogP contribution in [-0.4, -0.2) is 19.3 Å². The second kappa shape index (κ2) is 5.50. The van der Waals surface area contributed by atoms with E-state index in [1.165, 1.54) is 32.1 Å². The van der Waals surface area contributed by atoms with Crippen molar-refractivity contribution in [3.05, 3.63) is 0 Å². The fraction of sp³-hybridized carbons (Fsp3) is 1.00. The molecule has 0 saturated heterocycles. The molecule has 5 atom stereocenters. The molecule has 0 spiro atoms. The molecule has 0 heterocycles. The number of rotatable bonds is 6. The van der Waals surface area contributed by atoms with Crippen LogP contribution < -0.4 is 5.73 Å². The molecule has 0 aliphatic heterocycles. The van der Waals surface area contributed by atoms with Crippen molar-refractivity contribution in [3.8, 4) is 0 Å². The van der Waals surface area contributed by atoms with Crippen molar-refractivity contribution in [3.63, 3.8) is 0 Å². The molecular weight excluding hydrogens is 198 g/mol. The van der Waals surface area contributed by atoms with Gasteiger partial charge in [-0.1, -0.05) is 6.42 Å². The number of ether oxygens (including phenoxy) is 1. The zero-order chi connectivity index (χ0) is 11.5. The van der Waals surface area contributed by atoms with Crippen LogP contribution in [0.25, 0.3) is 0 Å². The number of methoxy groups -OCH3 is 1. The fourth-order valence-corrected chi connectivity index (χ4v) is 3.74. The van der Waals surface area contributed by atoms with Gasteiger partial charge in [-0.25, -0.2) is 0 Å². The first-order valence-electron chi connectivity index (χ1n) is 6.97. The Morgan fingerprint density at radius 2 is 2.06 bits per heavy atom. The average Bonchev–Trinajstić information content (AvgIpc) is 2.87. The Balaban J connectivity index is 1.65. The van der Waals surface area contributed by atoms with Crippen LogP contribution in [0.1, 0.15) is 51.9 Å². The maximum atomic E-state index is 6.23. The Bertz CT molecular complexity index is 219. The van der Waals surface area contributed by atoms with Gasteiger partial charge >= 0.3 is 0 Å². The van der Waals surface area contributed by atoms with E-state index in [9.17, 15) is 0 Å². The second-order valence-corrected chi connectivity index (χ2v) is 6.05. The van der Waals surface area contributed by atoms with Crippen molar-refractivity contribution in [2.45, 2.75) is 64.0 Å². The molecule has 2 aliphatic rings. The summed E-state index contributed by atoms with van der Waals surface area (Å²) in [6, 6.07) is 0.405. The molecule has 2 saturated carbocycles. The first kappa shape index (κ1) is 12.4. The summed E-state index contributed by atoms with van der Waals surface area (Å²) >= 11 is 0. The maximum absolute atomic E-state index is 6.23. The highest BCUT2D eigenvalue weighted by atomic mass is 16.5. The summed E-state index contributed by atoms with van der Waals surface area (Å²) in [5.41, 5.74) is 6.23. The number of hydrogen-bond acceptors (Lipinski definition) is 2. The van der Waals surface area contributed by atoms with Crippen LogP contribution in [0.15, 0.2) is 0 Å². The third kappa shape index (κ3) is 2.98. The summed E-state index contributed by atoms with van der Waals surface area (Å²) in [6.07, 6.45) is 9.82. The van der Waals surface area contributed by atoms with E-state index in [2.05, 4.69) is 6.92 Å². The van der Waals surface area contributed by atoms with Gasteiger partial charge in [0.25, 0.3) is 0 Å². The minimum atomic E-state index is 0.367. The second-order valence-electron chi connectivity index (χ2n) is 6.05. The molecular formula is C14H27NO. The van der Waals surface area contributed by atoms with E-state index in [1.54, 1.807) is 7.11 Å². The fourth-order valence-electron chi connectivity index (χ4n) is 3.74. The summed E-state index contributed by atoms with van der Waals surface area (Å²) < 4.78 is 5.26. The quantitative estimate of drug-likeness (QED) is 0.754. The predicted molar refractivity (Wildman–Crippen MR) is 67.2 cm³/mol. The summed E-state index contributed by atoms with van der Waals surface area (Å²) in [6.45, 7) is 2.13. The Labute approximate surface area is 99.9 Å². The number of hydrogen-bond donors (Lipinski definition) is 1. The van der Waals surface area contributed by atoms with E-state index >= 15 is 0 Å². The predicted octanol–water partition coefficient (Wildman–Crippen LogP) is 2.96. The highest BCUT2D eigenvalue weighted by Gasteiger charge is 2.39. The molecule has 2 nitrogen and oxygen atoms in total. The van der Waals surface area contributed by atoms with E-state index in [4.69, 9.17) is 10.5 Å². The molecule has 2 aliphatic carbocycles. The first-order valence-corrected chi connectivity index (χ1v) is 6.97. The highest BCUT2D eigenvalue weighted by molar-refractivity contribution is 4.91. The lowest BCUT2D eigenvalue weighted by molar-refractivity contribution is 0.106. The minimum absolute atomic E-state index is 0.367. The number of nitrogens with two attached hydrogens (primary N) is 1. The molecule has 0 aromatic carbocycles. The van der Waals surface area contributed by atoms with E-state index in [1.807, 2.05) is 0 Å². The third-order valence-electron chi connectivity index (χ3n) is 4.84. The summed E-state index contributed by atoms with van der Waals surface area (Å²) in [7, 11) is 1.78. The smallest absolute Gasteiger partial charge is 0.0543 e. The van der Waals surface area contributed by atoms with Crippen molar-refractivity contribution in [2.75, 3.05) is 7.11 Å². The van der Waals surface area contributed by atoms with Gasteiger partial charge < -0.3 is 10.5 Å². The average molecular weight is 225 g/mol. The van der Waals surface area contributed by atoms with Crippen LogP contribution in [0.2, 0.25) is 0 Å². The van der Waals surface area contributed by atoms with Gasteiger partial charge in [-0.2, -0.15) is 0 Å². The van der Waals surface area contributed by atoms with E-state index in [0.29, 0.717) is 12.1 Å². The molecule has 0 aromatic rings. The third-order valence-corrected chi connectivity index (χ3v) is 4.84. The molecule has 2 rings (SSSR count). The Hall–Kier alpha value is -0.0800. The lowest BCUT2D eigenvalue weighted by Gasteiger charge is -2.25. The molecule has 2 heteroatoms. The van der Waals surface area contributed by atoms with Crippen molar-refractivity contribution < 1.29 is 4.74 Å². The Morgan fingerprint density at radius 3 is 2.62 bits per heavy atom.